The van der Waals surface area contributed by atoms with Gasteiger partial charge in [0.15, 0.2) is 0 Å². The predicted molar refractivity (Wildman–Crippen MR) is 122 cm³/mol. The van der Waals surface area contributed by atoms with Crippen molar-refractivity contribution in [3.63, 3.8) is 0 Å². The molecule has 30 heteroatoms. The largest absolute Gasteiger partial charge is 0.481 e. The van der Waals surface area contributed by atoms with Crippen molar-refractivity contribution in [1.82, 2.24) is 4.31 Å². The van der Waals surface area contributed by atoms with Gasteiger partial charge in [-0.15, -0.1) is 0 Å². The van der Waals surface area contributed by atoms with E-state index < -0.39 is 128 Å². The third kappa shape index (κ3) is 7.85. The van der Waals surface area contributed by atoms with E-state index in [1.165, 1.54) is 0 Å². The summed E-state index contributed by atoms with van der Waals surface area (Å²) in [6, 6.07) is 0. The average Bonchev–Trinajstić information content (AvgIpc) is 2.91. The number of quaternary nitrogens is 1. The van der Waals surface area contributed by atoms with Crippen LogP contribution in [0.25, 0.3) is 0 Å². The van der Waals surface area contributed by atoms with Crippen molar-refractivity contribution in [2.75, 3.05) is 40.3 Å². The number of hydrogen-bond acceptors (Lipinski definition) is 4. The monoisotopic (exact) mass is 829 g/mol. The van der Waals surface area contributed by atoms with Crippen molar-refractivity contribution >= 4 is 22.0 Å². The molecule has 0 aliphatic carbocycles. The van der Waals surface area contributed by atoms with E-state index in [2.05, 4.69) is 0 Å². The zero-order valence-electron chi connectivity index (χ0n) is 24.7. The molecule has 0 radical (unpaired) electrons. The maximum absolute atomic E-state index is 14.7. The fourth-order valence-corrected chi connectivity index (χ4v) is 5.10. The van der Waals surface area contributed by atoms with E-state index in [9.17, 15) is 110 Å². The van der Waals surface area contributed by atoms with Crippen molar-refractivity contribution in [3.05, 3.63) is 0 Å². The fourth-order valence-electron chi connectivity index (χ4n) is 3.63. The van der Waals surface area contributed by atoms with Gasteiger partial charge in [-0.3, -0.25) is 9.59 Å². The summed E-state index contributed by atoms with van der Waals surface area (Å²) in [6.45, 7) is -4.60. The van der Waals surface area contributed by atoms with Crippen LogP contribution in [0.3, 0.4) is 0 Å². The van der Waals surface area contributed by atoms with E-state index >= 15 is 0 Å². The van der Waals surface area contributed by atoms with E-state index in [1.807, 2.05) is 0 Å². The van der Waals surface area contributed by atoms with Gasteiger partial charge in [0.2, 0.25) is 0 Å². The summed E-state index contributed by atoms with van der Waals surface area (Å²) in [5.41, 5.74) is 0. The Kier molecular flexibility index (Phi) is 13.2. The highest BCUT2D eigenvalue weighted by atomic mass is 32.2. The Morgan fingerprint density at radius 3 is 1.14 bits per heavy atom. The second-order valence-corrected chi connectivity index (χ2v) is 13.0. The van der Waals surface area contributed by atoms with E-state index in [0.29, 0.717) is 0 Å². The van der Waals surface area contributed by atoms with Gasteiger partial charge in [0, 0.05) is 19.5 Å². The molecule has 0 spiro atoms. The highest BCUT2D eigenvalue weighted by molar-refractivity contribution is 7.90. The van der Waals surface area contributed by atoms with Crippen LogP contribution in [0.4, 0.5) is 92.2 Å². The molecule has 0 rings (SSSR count). The first-order valence-electron chi connectivity index (χ1n) is 12.7. The number of hydrogen-bond donors (Lipinski definition) is 2. The lowest BCUT2D eigenvalue weighted by molar-refractivity contribution is -0.889. The van der Waals surface area contributed by atoms with Crippen molar-refractivity contribution in [2.24, 2.45) is 0 Å². The molecule has 0 amide bonds. The molecule has 8 nitrogen and oxygen atoms in total. The maximum atomic E-state index is 14.7. The summed E-state index contributed by atoms with van der Waals surface area (Å²) in [5.74, 6) is -76.8. The number of nitrogens with zero attached hydrogens (tertiary/aromatic N) is 2. The Labute approximate surface area is 270 Å². The van der Waals surface area contributed by atoms with Gasteiger partial charge >= 0.3 is 70.7 Å². The minimum atomic E-state index is -9.47. The van der Waals surface area contributed by atoms with Gasteiger partial charge in [-0.05, 0) is 0 Å². The number of rotatable bonds is 20. The van der Waals surface area contributed by atoms with Crippen molar-refractivity contribution in [3.8, 4) is 0 Å². The molecule has 0 aromatic carbocycles. The van der Waals surface area contributed by atoms with Crippen LogP contribution in [0.1, 0.15) is 19.3 Å². The van der Waals surface area contributed by atoms with E-state index in [0.717, 1.165) is 14.1 Å². The molecule has 51 heavy (non-hydrogen) atoms. The SMILES string of the molecule is C[N+](C)(CCCN(CCC(=O)O)S(=O)(=O)C(F)(F)C(F)(F)C(F)(F)C(F)(F)C(F)(F)C(F)(F)C(F)(F)C(F)(F)C(F)(F)C(F)(F)F)CCC(=O)O. The predicted octanol–water partition coefficient (Wildman–Crippen LogP) is 6.27. The molecule has 0 fully saturated rings. The number of alkyl halides is 21. The van der Waals surface area contributed by atoms with Gasteiger partial charge in [-0.1, -0.05) is 0 Å². The molecule has 0 aliphatic rings. The van der Waals surface area contributed by atoms with Crippen LogP contribution in [0, 0.1) is 0 Å². The van der Waals surface area contributed by atoms with Crippen molar-refractivity contribution in [2.45, 2.75) is 78.1 Å². The number of sulfonamides is 1. The summed E-state index contributed by atoms with van der Waals surface area (Å²) in [7, 11) is -5.55. The van der Waals surface area contributed by atoms with E-state index in [1.54, 1.807) is 0 Å². The molecule has 0 bridgehead atoms. The molecule has 0 saturated carbocycles. The van der Waals surface area contributed by atoms with Crippen LogP contribution in [-0.4, -0.2) is 138 Å². The molecule has 0 aromatic rings. The van der Waals surface area contributed by atoms with Crippen molar-refractivity contribution < 1.29 is 125 Å². The normalized spacial score (nSPS) is 15.8. The number of aliphatic carboxylic acids is 2. The molecule has 2 N–H and O–H groups in total. The number of halogens is 21. The summed E-state index contributed by atoms with van der Waals surface area (Å²) in [5, 5.41) is 9.33. The molecule has 304 valence electrons. The number of carbonyl (C=O) groups is 2. The minimum Gasteiger partial charge on any atom is -0.481 e. The highest BCUT2D eigenvalue weighted by Crippen LogP contribution is 2.66. The second kappa shape index (κ2) is 14.0. The van der Waals surface area contributed by atoms with Crippen LogP contribution in [0.15, 0.2) is 0 Å². The van der Waals surface area contributed by atoms with E-state index in [4.69, 9.17) is 10.2 Å². The van der Waals surface area contributed by atoms with Crippen LogP contribution >= 0.6 is 0 Å². The quantitative estimate of drug-likeness (QED) is 0.111. The maximum Gasteiger partial charge on any atom is 0.460 e. The lowest BCUT2D eigenvalue weighted by atomic mass is 9.87. The molecule has 0 unspecified atom stereocenters. The summed E-state index contributed by atoms with van der Waals surface area (Å²) in [4.78, 5) is 21.5. The highest BCUT2D eigenvalue weighted by Gasteiger charge is 2.98. The number of carboxylic acid groups (broad SMARTS) is 2. The third-order valence-electron chi connectivity index (χ3n) is 6.82. The van der Waals surface area contributed by atoms with Gasteiger partial charge in [-0.2, -0.15) is 96.5 Å². The zero-order chi connectivity index (χ0) is 41.7. The van der Waals surface area contributed by atoms with Crippen LogP contribution in [-0.2, 0) is 19.6 Å². The molecule has 0 saturated heterocycles. The van der Waals surface area contributed by atoms with Gasteiger partial charge in [-0.25, -0.2) is 8.42 Å². The Hall–Kier alpha value is -2.66. The Balaban J connectivity index is 7.17. The van der Waals surface area contributed by atoms with Gasteiger partial charge in [0.05, 0.1) is 40.0 Å². The smallest absolute Gasteiger partial charge is 0.460 e. The standard InChI is InChI=1S/C21H21F21N2O6S/c1-44(2,9-5-11(47)48)8-3-6-43(7-4-10(45)46)51(49,50)21(41,42)19(36,37)17(32,33)15(28,29)13(24,25)12(22,23)14(26,27)16(30,31)18(34,35)20(38,39)40/h3-9H2,1-2H3,(H-,45,46,47,48)/p+1. The molecule has 0 atom stereocenters. The molecule has 0 aromatic heterocycles. The average molecular weight is 829 g/mol. The minimum absolute atomic E-state index is 0.357. The van der Waals surface area contributed by atoms with Crippen LogP contribution < -0.4 is 0 Å². The third-order valence-corrected chi connectivity index (χ3v) is 8.77. The van der Waals surface area contributed by atoms with Crippen LogP contribution in [0.2, 0.25) is 0 Å². The summed E-state index contributed by atoms with van der Waals surface area (Å²) in [6.07, 6.45) is -11.4. The first-order chi connectivity index (χ1) is 21.9. The lowest BCUT2D eigenvalue weighted by Crippen LogP contribution is -2.77. The van der Waals surface area contributed by atoms with Gasteiger partial charge in [0.1, 0.15) is 0 Å². The molecule has 0 aliphatic heterocycles. The number of carboxylic acids is 2. The molecular weight excluding hydrogens is 807 g/mol. The zero-order valence-corrected chi connectivity index (χ0v) is 25.5. The lowest BCUT2D eigenvalue weighted by Gasteiger charge is -2.44. The van der Waals surface area contributed by atoms with Crippen LogP contribution in [0.5, 0.6) is 0 Å². The topological polar surface area (TPSA) is 112 Å². The Morgan fingerprint density at radius 1 is 0.510 bits per heavy atom. The fraction of sp³-hybridized carbons (Fsp3) is 0.905. The van der Waals surface area contributed by atoms with E-state index in [-0.39, 0.29) is 6.54 Å². The van der Waals surface area contributed by atoms with Crippen molar-refractivity contribution in [1.29, 1.82) is 0 Å². The Morgan fingerprint density at radius 2 is 0.824 bits per heavy atom. The first-order valence-corrected chi connectivity index (χ1v) is 14.1. The molecule has 0 heterocycles. The second-order valence-electron chi connectivity index (χ2n) is 11.0. The summed E-state index contributed by atoms with van der Waals surface area (Å²) >= 11 is 0. The Bertz CT molecular complexity index is 1380. The van der Waals surface area contributed by atoms with Gasteiger partial charge in [0.25, 0.3) is 10.0 Å². The summed E-state index contributed by atoms with van der Waals surface area (Å²) < 4.78 is 310. The first kappa shape index (κ1) is 48.3. The van der Waals surface area contributed by atoms with Gasteiger partial charge < -0.3 is 14.7 Å². The molecular formula is C21H22F21N2O6S+.